The standard InChI is InChI=1S/C12H15N3O3/c13-5-7-1-2-10-8(3-7)4-11(17)15(10)12(18)9(14)6-16/h1-3,9,16H,4-6,13-14H2. The number of nitrogens with zero attached hydrogens (tertiary/aromatic N) is 1. The molecule has 5 N–H and O–H groups in total. The Bertz CT molecular complexity index is 501. The average Bonchev–Trinajstić information content (AvgIpc) is 2.71. The molecule has 0 fully saturated rings. The van der Waals surface area contributed by atoms with Crippen LogP contribution >= 0.6 is 0 Å². The molecule has 0 radical (unpaired) electrons. The predicted octanol–water partition coefficient (Wildman–Crippen LogP) is -1.12. The molecule has 2 rings (SSSR count). The molecule has 96 valence electrons. The summed E-state index contributed by atoms with van der Waals surface area (Å²) in [6.07, 6.45) is 0.160. The highest BCUT2D eigenvalue weighted by molar-refractivity contribution is 6.20. The summed E-state index contributed by atoms with van der Waals surface area (Å²) < 4.78 is 0. The third-order valence-electron chi connectivity index (χ3n) is 2.95. The Labute approximate surface area is 104 Å². The predicted molar refractivity (Wildman–Crippen MR) is 65.6 cm³/mol. The molecule has 0 aliphatic carbocycles. The molecule has 0 aromatic heterocycles. The van der Waals surface area contributed by atoms with Crippen molar-refractivity contribution in [3.63, 3.8) is 0 Å². The third kappa shape index (κ3) is 2.01. The largest absolute Gasteiger partial charge is 0.394 e. The van der Waals surface area contributed by atoms with Crippen LogP contribution in [-0.4, -0.2) is 29.6 Å². The van der Waals surface area contributed by atoms with Gasteiger partial charge in [0.15, 0.2) is 0 Å². The zero-order valence-corrected chi connectivity index (χ0v) is 9.80. The summed E-state index contributed by atoms with van der Waals surface area (Å²) in [4.78, 5) is 24.8. The lowest BCUT2D eigenvalue weighted by Crippen LogP contribution is -2.47. The lowest BCUT2D eigenvalue weighted by atomic mass is 10.1. The van der Waals surface area contributed by atoms with Gasteiger partial charge in [0, 0.05) is 6.54 Å². The van der Waals surface area contributed by atoms with Gasteiger partial charge in [-0.1, -0.05) is 12.1 Å². The first-order chi connectivity index (χ1) is 8.58. The van der Waals surface area contributed by atoms with Crippen LogP contribution in [0.4, 0.5) is 5.69 Å². The Morgan fingerprint density at radius 2 is 2.22 bits per heavy atom. The lowest BCUT2D eigenvalue weighted by Gasteiger charge is -2.18. The van der Waals surface area contributed by atoms with E-state index in [1.807, 2.05) is 6.07 Å². The Morgan fingerprint density at radius 1 is 1.50 bits per heavy atom. The van der Waals surface area contributed by atoms with Gasteiger partial charge in [-0.2, -0.15) is 0 Å². The zero-order chi connectivity index (χ0) is 13.3. The fourth-order valence-electron chi connectivity index (χ4n) is 1.99. The first-order valence-electron chi connectivity index (χ1n) is 5.63. The smallest absolute Gasteiger partial charge is 0.253 e. The maximum absolute atomic E-state index is 11.9. The van der Waals surface area contributed by atoms with E-state index in [0.29, 0.717) is 12.2 Å². The highest BCUT2D eigenvalue weighted by atomic mass is 16.3. The Hall–Kier alpha value is -1.76. The molecule has 0 bridgehead atoms. The van der Waals surface area contributed by atoms with Crippen molar-refractivity contribution >= 4 is 17.5 Å². The first kappa shape index (κ1) is 12.7. The van der Waals surface area contributed by atoms with Crippen LogP contribution < -0.4 is 16.4 Å². The SMILES string of the molecule is NCc1ccc2c(c1)CC(=O)N2C(=O)C(N)CO. The van der Waals surface area contributed by atoms with Crippen LogP contribution in [0.2, 0.25) is 0 Å². The Morgan fingerprint density at radius 3 is 2.83 bits per heavy atom. The molecule has 1 heterocycles. The average molecular weight is 249 g/mol. The van der Waals surface area contributed by atoms with Gasteiger partial charge in [0.1, 0.15) is 6.04 Å². The van der Waals surface area contributed by atoms with E-state index in [2.05, 4.69) is 0 Å². The molecule has 1 aliphatic rings. The molecule has 1 atom stereocenters. The number of fused-ring (bicyclic) bond motifs is 1. The lowest BCUT2D eigenvalue weighted by molar-refractivity contribution is -0.126. The van der Waals surface area contributed by atoms with E-state index in [1.165, 1.54) is 0 Å². The molecule has 6 heteroatoms. The number of aliphatic hydroxyl groups is 1. The van der Waals surface area contributed by atoms with Gasteiger partial charge in [0.25, 0.3) is 5.91 Å². The number of hydrogen-bond donors (Lipinski definition) is 3. The summed E-state index contributed by atoms with van der Waals surface area (Å²) >= 11 is 0. The van der Waals surface area contributed by atoms with Gasteiger partial charge in [-0.15, -0.1) is 0 Å². The zero-order valence-electron chi connectivity index (χ0n) is 9.80. The quantitative estimate of drug-likeness (QED) is 0.628. The second kappa shape index (κ2) is 4.85. The Kier molecular flexibility index (Phi) is 3.42. The van der Waals surface area contributed by atoms with Crippen molar-refractivity contribution in [2.45, 2.75) is 19.0 Å². The number of anilines is 1. The highest BCUT2D eigenvalue weighted by Crippen LogP contribution is 2.30. The van der Waals surface area contributed by atoms with Gasteiger partial charge < -0.3 is 16.6 Å². The van der Waals surface area contributed by atoms with Gasteiger partial charge in [0.05, 0.1) is 18.7 Å². The molecule has 0 saturated carbocycles. The van der Waals surface area contributed by atoms with E-state index in [9.17, 15) is 9.59 Å². The second-order valence-corrected chi connectivity index (χ2v) is 4.20. The second-order valence-electron chi connectivity index (χ2n) is 4.20. The summed E-state index contributed by atoms with van der Waals surface area (Å²) in [5.41, 5.74) is 13.2. The summed E-state index contributed by atoms with van der Waals surface area (Å²) in [5.74, 6) is -0.908. The molecular formula is C12H15N3O3. The van der Waals surface area contributed by atoms with Crippen LogP contribution in [0.5, 0.6) is 0 Å². The van der Waals surface area contributed by atoms with E-state index in [4.69, 9.17) is 16.6 Å². The van der Waals surface area contributed by atoms with Crippen molar-refractivity contribution in [1.29, 1.82) is 0 Å². The van der Waals surface area contributed by atoms with Crippen LogP contribution in [0.15, 0.2) is 18.2 Å². The molecular weight excluding hydrogens is 234 g/mol. The molecule has 1 unspecified atom stereocenters. The van der Waals surface area contributed by atoms with E-state index < -0.39 is 18.6 Å². The number of carbonyl (C=O) groups is 2. The highest BCUT2D eigenvalue weighted by Gasteiger charge is 2.34. The number of amides is 2. The molecule has 1 aliphatic heterocycles. The van der Waals surface area contributed by atoms with E-state index in [-0.39, 0.29) is 12.3 Å². The number of imide groups is 1. The van der Waals surface area contributed by atoms with Gasteiger partial charge in [-0.05, 0) is 17.2 Å². The van der Waals surface area contributed by atoms with Crippen LogP contribution in [0.1, 0.15) is 11.1 Å². The summed E-state index contributed by atoms with van der Waals surface area (Å²) in [6.45, 7) is -0.107. The molecule has 18 heavy (non-hydrogen) atoms. The molecule has 1 aromatic rings. The van der Waals surface area contributed by atoms with Crippen molar-refractivity contribution in [1.82, 2.24) is 0 Å². The first-order valence-corrected chi connectivity index (χ1v) is 5.63. The Balaban J connectivity index is 2.36. The van der Waals surface area contributed by atoms with Crippen LogP contribution in [0.25, 0.3) is 0 Å². The molecule has 0 spiro atoms. The molecule has 1 aromatic carbocycles. The number of hydrogen-bond acceptors (Lipinski definition) is 5. The minimum Gasteiger partial charge on any atom is -0.394 e. The summed E-state index contributed by atoms with van der Waals surface area (Å²) in [6, 6.07) is 4.19. The molecule has 2 amide bonds. The van der Waals surface area contributed by atoms with Crippen LogP contribution in [0, 0.1) is 0 Å². The number of rotatable bonds is 3. The van der Waals surface area contributed by atoms with Gasteiger partial charge >= 0.3 is 0 Å². The monoisotopic (exact) mass is 249 g/mol. The van der Waals surface area contributed by atoms with E-state index in [1.54, 1.807) is 12.1 Å². The van der Waals surface area contributed by atoms with Crippen molar-refractivity contribution < 1.29 is 14.7 Å². The maximum Gasteiger partial charge on any atom is 0.253 e. The van der Waals surface area contributed by atoms with Crippen molar-refractivity contribution in [3.05, 3.63) is 29.3 Å². The topological polar surface area (TPSA) is 110 Å². The molecule has 0 saturated heterocycles. The number of benzene rings is 1. The summed E-state index contributed by atoms with van der Waals surface area (Å²) in [5, 5.41) is 8.88. The van der Waals surface area contributed by atoms with Crippen molar-refractivity contribution in [3.8, 4) is 0 Å². The number of carbonyl (C=O) groups excluding carboxylic acids is 2. The molecule has 6 nitrogen and oxygen atoms in total. The van der Waals surface area contributed by atoms with Crippen LogP contribution in [-0.2, 0) is 22.6 Å². The normalized spacial score (nSPS) is 15.7. The van der Waals surface area contributed by atoms with Crippen LogP contribution in [0.3, 0.4) is 0 Å². The number of nitrogens with two attached hydrogens (primary N) is 2. The van der Waals surface area contributed by atoms with Gasteiger partial charge in [-0.25, -0.2) is 4.90 Å². The van der Waals surface area contributed by atoms with Gasteiger partial charge in [-0.3, -0.25) is 9.59 Å². The maximum atomic E-state index is 11.9. The summed E-state index contributed by atoms with van der Waals surface area (Å²) in [7, 11) is 0. The fraction of sp³-hybridized carbons (Fsp3) is 0.333. The third-order valence-corrected chi connectivity index (χ3v) is 2.95. The van der Waals surface area contributed by atoms with E-state index >= 15 is 0 Å². The van der Waals surface area contributed by atoms with E-state index in [0.717, 1.165) is 16.0 Å². The minimum atomic E-state index is -1.07. The fourth-order valence-corrected chi connectivity index (χ4v) is 1.99. The van der Waals surface area contributed by atoms with Gasteiger partial charge in [0.2, 0.25) is 5.91 Å². The number of aliphatic hydroxyl groups excluding tert-OH is 1. The van der Waals surface area contributed by atoms with Crippen molar-refractivity contribution in [2.24, 2.45) is 11.5 Å². The van der Waals surface area contributed by atoms with Crippen molar-refractivity contribution in [2.75, 3.05) is 11.5 Å². The minimum absolute atomic E-state index is 0.160.